The number of aliphatic imine (C=N–C) groups is 1. The molecule has 30 heavy (non-hydrogen) atoms. The smallest absolute Gasteiger partial charge is 0.276 e. The molecule has 5 nitrogen and oxygen atoms in total. The molecule has 1 aromatic heterocycles. The summed E-state index contributed by atoms with van der Waals surface area (Å²) in [6.45, 7) is 1.99. The summed E-state index contributed by atoms with van der Waals surface area (Å²) in [6, 6.07) is 16.8. The SMILES string of the molecule is CN=C(C=CN)C(=O)N(C)c1ccc(-c2ccc3cc(C4CC4)ccc3n2)cc1C. The van der Waals surface area contributed by atoms with E-state index >= 15 is 0 Å². The summed E-state index contributed by atoms with van der Waals surface area (Å²) in [7, 11) is 3.32. The second-order valence-electron chi connectivity index (χ2n) is 7.76. The van der Waals surface area contributed by atoms with Crippen LogP contribution >= 0.6 is 0 Å². The van der Waals surface area contributed by atoms with E-state index in [0.29, 0.717) is 5.71 Å². The van der Waals surface area contributed by atoms with Crippen molar-refractivity contribution >= 4 is 28.2 Å². The fourth-order valence-electron chi connectivity index (χ4n) is 3.78. The number of hydrogen-bond acceptors (Lipinski definition) is 4. The van der Waals surface area contributed by atoms with Crippen LogP contribution in [-0.4, -0.2) is 30.7 Å². The molecule has 0 spiro atoms. The Hall–Kier alpha value is -3.47. The fourth-order valence-corrected chi connectivity index (χ4v) is 3.78. The van der Waals surface area contributed by atoms with Gasteiger partial charge >= 0.3 is 0 Å². The third-order valence-corrected chi connectivity index (χ3v) is 5.63. The normalized spacial score (nSPS) is 14.4. The number of hydrogen-bond donors (Lipinski definition) is 1. The molecule has 0 unspecified atom stereocenters. The number of carbonyl (C=O) groups excluding carboxylic acids is 1. The maximum Gasteiger partial charge on any atom is 0.276 e. The third-order valence-electron chi connectivity index (χ3n) is 5.63. The molecule has 3 aromatic rings. The summed E-state index contributed by atoms with van der Waals surface area (Å²) in [6.07, 6.45) is 5.43. The number of nitrogens with two attached hydrogens (primary N) is 1. The van der Waals surface area contributed by atoms with E-state index in [0.717, 1.165) is 33.9 Å². The molecular weight excluding hydrogens is 372 g/mol. The summed E-state index contributed by atoms with van der Waals surface area (Å²) in [5, 5.41) is 1.18. The number of amides is 1. The van der Waals surface area contributed by atoms with Crippen molar-refractivity contribution in [2.45, 2.75) is 25.7 Å². The van der Waals surface area contributed by atoms with Crippen molar-refractivity contribution in [3.8, 4) is 11.3 Å². The summed E-state index contributed by atoms with van der Waals surface area (Å²) in [5.74, 6) is 0.535. The first kappa shape index (κ1) is 19.8. The van der Waals surface area contributed by atoms with E-state index in [9.17, 15) is 4.79 Å². The van der Waals surface area contributed by atoms with Crippen LogP contribution in [0.3, 0.4) is 0 Å². The quantitative estimate of drug-likeness (QED) is 0.639. The van der Waals surface area contributed by atoms with E-state index in [1.807, 2.05) is 19.1 Å². The second-order valence-corrected chi connectivity index (χ2v) is 7.76. The number of nitrogens with zero attached hydrogens (tertiary/aromatic N) is 3. The van der Waals surface area contributed by atoms with Crippen LogP contribution in [-0.2, 0) is 4.79 Å². The van der Waals surface area contributed by atoms with Gasteiger partial charge in [-0.1, -0.05) is 18.2 Å². The molecule has 1 fully saturated rings. The van der Waals surface area contributed by atoms with Gasteiger partial charge in [0.15, 0.2) is 0 Å². The van der Waals surface area contributed by atoms with Crippen molar-refractivity contribution in [2.24, 2.45) is 10.7 Å². The largest absolute Gasteiger partial charge is 0.405 e. The van der Waals surface area contributed by atoms with E-state index in [4.69, 9.17) is 10.7 Å². The molecule has 0 radical (unpaired) electrons. The highest BCUT2D eigenvalue weighted by molar-refractivity contribution is 6.47. The van der Waals surface area contributed by atoms with Gasteiger partial charge in [0.25, 0.3) is 5.91 Å². The highest BCUT2D eigenvalue weighted by atomic mass is 16.2. The molecule has 1 amide bonds. The van der Waals surface area contributed by atoms with E-state index in [-0.39, 0.29) is 5.91 Å². The van der Waals surface area contributed by atoms with Crippen LogP contribution in [0, 0.1) is 6.92 Å². The van der Waals surface area contributed by atoms with Gasteiger partial charge in [0.05, 0.1) is 11.2 Å². The molecule has 0 bridgehead atoms. The molecule has 1 aliphatic rings. The first-order valence-corrected chi connectivity index (χ1v) is 10.2. The van der Waals surface area contributed by atoms with Crippen molar-refractivity contribution in [3.63, 3.8) is 0 Å². The maximum atomic E-state index is 12.7. The average molecular weight is 399 g/mol. The summed E-state index contributed by atoms with van der Waals surface area (Å²) in [5.41, 5.74) is 11.9. The van der Waals surface area contributed by atoms with Crippen molar-refractivity contribution in [1.29, 1.82) is 0 Å². The van der Waals surface area contributed by atoms with Crippen LogP contribution in [0.5, 0.6) is 0 Å². The topological polar surface area (TPSA) is 71.6 Å². The van der Waals surface area contributed by atoms with Crippen LogP contribution in [0.2, 0.25) is 0 Å². The number of carbonyl (C=O) groups is 1. The highest BCUT2D eigenvalue weighted by Crippen LogP contribution is 2.40. The number of benzene rings is 2. The molecule has 1 saturated carbocycles. The lowest BCUT2D eigenvalue weighted by molar-refractivity contribution is -0.112. The first-order chi connectivity index (χ1) is 14.5. The Morgan fingerprint density at radius 1 is 1.17 bits per heavy atom. The Morgan fingerprint density at radius 3 is 2.63 bits per heavy atom. The van der Waals surface area contributed by atoms with Gasteiger partial charge in [-0.3, -0.25) is 9.79 Å². The molecule has 2 N–H and O–H groups in total. The molecule has 4 rings (SSSR count). The molecule has 1 aliphatic carbocycles. The second kappa shape index (κ2) is 8.11. The Morgan fingerprint density at radius 2 is 1.97 bits per heavy atom. The number of pyridine rings is 1. The van der Waals surface area contributed by atoms with Crippen molar-refractivity contribution in [2.75, 3.05) is 19.0 Å². The standard InChI is InChI=1S/C25H26N4O/c1-16-14-19(8-11-24(16)29(3)25(30)23(27-2)12-13-26)21-10-7-20-15-18(17-4-5-17)6-9-22(20)28-21/h6-15,17H,4-5,26H2,1-3H3. The lowest BCUT2D eigenvalue weighted by Gasteiger charge is -2.20. The zero-order chi connectivity index (χ0) is 21.3. The van der Waals surface area contributed by atoms with E-state index in [1.54, 1.807) is 19.0 Å². The Kier molecular flexibility index (Phi) is 5.36. The predicted molar refractivity (Wildman–Crippen MR) is 124 cm³/mol. The minimum atomic E-state index is -0.203. The van der Waals surface area contributed by atoms with E-state index in [2.05, 4.69) is 41.4 Å². The average Bonchev–Trinajstić information content (AvgIpc) is 3.61. The van der Waals surface area contributed by atoms with Crippen molar-refractivity contribution in [3.05, 3.63) is 71.9 Å². The maximum absolute atomic E-state index is 12.7. The zero-order valence-electron chi connectivity index (χ0n) is 17.6. The Balaban J connectivity index is 1.62. The molecule has 2 aromatic carbocycles. The van der Waals surface area contributed by atoms with Crippen LogP contribution in [0.25, 0.3) is 22.2 Å². The number of fused-ring (bicyclic) bond motifs is 1. The van der Waals surface area contributed by atoms with Gasteiger partial charge in [-0.15, -0.1) is 0 Å². The van der Waals surface area contributed by atoms with Crippen LogP contribution < -0.4 is 10.6 Å². The van der Waals surface area contributed by atoms with E-state index in [1.165, 1.54) is 36.1 Å². The van der Waals surface area contributed by atoms with Crippen LogP contribution in [0.15, 0.2) is 65.8 Å². The molecular formula is C25H26N4O. The molecule has 1 heterocycles. The van der Waals surface area contributed by atoms with Gasteiger partial charge in [0.2, 0.25) is 0 Å². The van der Waals surface area contributed by atoms with Gasteiger partial charge in [-0.05, 0) is 79.4 Å². The minimum Gasteiger partial charge on any atom is -0.405 e. The molecule has 0 atom stereocenters. The zero-order valence-corrected chi connectivity index (χ0v) is 17.6. The Bertz CT molecular complexity index is 1170. The Labute approximate surface area is 177 Å². The van der Waals surface area contributed by atoms with Gasteiger partial charge in [0.1, 0.15) is 5.71 Å². The van der Waals surface area contributed by atoms with Gasteiger partial charge < -0.3 is 10.6 Å². The van der Waals surface area contributed by atoms with Gasteiger partial charge in [-0.2, -0.15) is 0 Å². The molecule has 0 saturated heterocycles. The number of aromatic nitrogens is 1. The minimum absolute atomic E-state index is 0.203. The molecule has 152 valence electrons. The monoisotopic (exact) mass is 398 g/mol. The number of anilines is 1. The predicted octanol–water partition coefficient (Wildman–Crippen LogP) is 4.59. The first-order valence-electron chi connectivity index (χ1n) is 10.2. The lowest BCUT2D eigenvalue weighted by atomic mass is 10.0. The number of rotatable bonds is 5. The summed E-state index contributed by atoms with van der Waals surface area (Å²) >= 11 is 0. The summed E-state index contributed by atoms with van der Waals surface area (Å²) in [4.78, 5) is 23.1. The highest BCUT2D eigenvalue weighted by Gasteiger charge is 2.23. The number of aryl methyl sites for hydroxylation is 1. The molecule has 5 heteroatoms. The lowest BCUT2D eigenvalue weighted by Crippen LogP contribution is -2.33. The van der Waals surface area contributed by atoms with Gasteiger partial charge in [-0.25, -0.2) is 4.98 Å². The molecule has 0 aliphatic heterocycles. The van der Waals surface area contributed by atoms with E-state index < -0.39 is 0 Å². The summed E-state index contributed by atoms with van der Waals surface area (Å²) < 4.78 is 0. The van der Waals surface area contributed by atoms with Crippen LogP contribution in [0.4, 0.5) is 5.69 Å². The van der Waals surface area contributed by atoms with Crippen LogP contribution in [0.1, 0.15) is 29.9 Å². The van der Waals surface area contributed by atoms with Crippen molar-refractivity contribution < 1.29 is 4.79 Å². The fraction of sp³-hybridized carbons (Fsp3) is 0.240. The third kappa shape index (κ3) is 3.83. The van der Waals surface area contributed by atoms with Crippen molar-refractivity contribution in [1.82, 2.24) is 4.98 Å². The van der Waals surface area contributed by atoms with Gasteiger partial charge in [0, 0.05) is 30.7 Å².